The lowest BCUT2D eigenvalue weighted by Gasteiger charge is -2.15. The van der Waals surface area contributed by atoms with Gasteiger partial charge in [-0.3, -0.25) is 4.98 Å². The van der Waals surface area contributed by atoms with E-state index < -0.39 is 0 Å². The molecule has 0 bridgehead atoms. The summed E-state index contributed by atoms with van der Waals surface area (Å²) in [4.78, 5) is 9.87. The van der Waals surface area contributed by atoms with E-state index in [1.165, 1.54) is 5.39 Å². The molecule has 4 N–H and O–H groups in total. The van der Waals surface area contributed by atoms with Crippen LogP contribution >= 0.6 is 0 Å². The number of benzene rings is 1. The van der Waals surface area contributed by atoms with Gasteiger partial charge in [0.25, 0.3) is 0 Å². The minimum absolute atomic E-state index is 0.312. The third-order valence-electron chi connectivity index (χ3n) is 5.58. The Kier molecular flexibility index (Phi) is 5.61. The standard InChI is InChI=1S/C23H26N6/c1-16-20-7-9-27-22(20)6-5-21(16)28-23-17(13-26-14-18(23)12-24)4-2-3-10-29-11-8-19(25)15-29/h2,4-7,9,13-14,19,27H,3,8,10-11,15,25H2,1H3,(H,26,28)/b4-2+/t19-/m0/s1. The number of nitrogens with two attached hydrogens (primary N) is 1. The number of rotatable bonds is 6. The van der Waals surface area contributed by atoms with Gasteiger partial charge < -0.3 is 20.9 Å². The van der Waals surface area contributed by atoms with Crippen LogP contribution in [0.15, 0.2) is 42.9 Å². The van der Waals surface area contributed by atoms with Crippen molar-refractivity contribution < 1.29 is 0 Å². The summed E-state index contributed by atoms with van der Waals surface area (Å²) in [7, 11) is 0. The monoisotopic (exact) mass is 386 g/mol. The summed E-state index contributed by atoms with van der Waals surface area (Å²) in [6, 6.07) is 8.73. The number of hydrogen-bond acceptors (Lipinski definition) is 5. The molecule has 0 saturated carbocycles. The number of likely N-dealkylation sites (tertiary alicyclic amines) is 1. The molecule has 148 valence electrons. The molecule has 4 rings (SSSR count). The fourth-order valence-corrected chi connectivity index (χ4v) is 3.91. The van der Waals surface area contributed by atoms with Crippen molar-refractivity contribution in [3.05, 3.63) is 59.6 Å². The van der Waals surface area contributed by atoms with Crippen LogP contribution < -0.4 is 11.1 Å². The maximum Gasteiger partial charge on any atom is 0.103 e. The largest absolute Gasteiger partial charge is 0.361 e. The molecule has 6 heteroatoms. The molecule has 6 nitrogen and oxygen atoms in total. The lowest BCUT2D eigenvalue weighted by molar-refractivity contribution is 0.341. The number of fused-ring (bicyclic) bond motifs is 1. The first-order chi connectivity index (χ1) is 14.2. The molecule has 0 unspecified atom stereocenters. The third kappa shape index (κ3) is 4.16. The molecule has 3 aromatic rings. The van der Waals surface area contributed by atoms with E-state index in [4.69, 9.17) is 5.73 Å². The second-order valence-corrected chi connectivity index (χ2v) is 7.61. The van der Waals surface area contributed by atoms with Gasteiger partial charge in [0.15, 0.2) is 0 Å². The van der Waals surface area contributed by atoms with E-state index in [1.54, 1.807) is 12.4 Å². The number of pyridine rings is 1. The van der Waals surface area contributed by atoms with Gasteiger partial charge in [-0.15, -0.1) is 0 Å². The van der Waals surface area contributed by atoms with E-state index in [0.717, 1.165) is 60.5 Å². The summed E-state index contributed by atoms with van der Waals surface area (Å²) >= 11 is 0. The first-order valence-electron chi connectivity index (χ1n) is 10.0. The number of aryl methyl sites for hydroxylation is 1. The Balaban J connectivity index is 1.55. The second kappa shape index (κ2) is 8.48. The average molecular weight is 387 g/mol. The number of aromatic amines is 1. The minimum Gasteiger partial charge on any atom is -0.361 e. The molecule has 1 aliphatic rings. The smallest absolute Gasteiger partial charge is 0.103 e. The van der Waals surface area contributed by atoms with Gasteiger partial charge in [0.1, 0.15) is 6.07 Å². The van der Waals surface area contributed by atoms with Crippen molar-refractivity contribution in [2.75, 3.05) is 25.0 Å². The SMILES string of the molecule is Cc1c(Nc2c(C#N)cncc2/C=C/CCN2CC[C@H](N)C2)ccc2[nH]ccc12. The number of hydrogen-bond donors (Lipinski definition) is 3. The van der Waals surface area contributed by atoms with Gasteiger partial charge in [0.2, 0.25) is 0 Å². The Hall–Kier alpha value is -3.14. The molecule has 0 amide bonds. The zero-order chi connectivity index (χ0) is 20.2. The molecular formula is C23H26N6. The maximum atomic E-state index is 9.59. The zero-order valence-electron chi connectivity index (χ0n) is 16.7. The predicted octanol–water partition coefficient (Wildman–Crippen LogP) is 3.92. The molecule has 0 radical (unpaired) electrons. The Morgan fingerprint density at radius 1 is 1.38 bits per heavy atom. The van der Waals surface area contributed by atoms with Crippen LogP contribution in [0.25, 0.3) is 17.0 Å². The Bertz CT molecular complexity index is 1070. The van der Waals surface area contributed by atoms with Crippen molar-refractivity contribution in [1.29, 1.82) is 5.26 Å². The topological polar surface area (TPSA) is 93.8 Å². The van der Waals surface area contributed by atoms with E-state index in [9.17, 15) is 5.26 Å². The molecule has 0 spiro atoms. The summed E-state index contributed by atoms with van der Waals surface area (Å²) in [5.41, 5.74) is 11.4. The second-order valence-electron chi connectivity index (χ2n) is 7.61. The van der Waals surface area contributed by atoms with E-state index in [1.807, 2.05) is 18.3 Å². The molecule has 1 saturated heterocycles. The quantitative estimate of drug-likeness (QED) is 0.597. The molecule has 3 heterocycles. The molecule has 29 heavy (non-hydrogen) atoms. The van der Waals surface area contributed by atoms with E-state index in [0.29, 0.717) is 11.6 Å². The van der Waals surface area contributed by atoms with Crippen LogP contribution in [0.4, 0.5) is 11.4 Å². The van der Waals surface area contributed by atoms with Gasteiger partial charge in [0.05, 0.1) is 11.3 Å². The van der Waals surface area contributed by atoms with Crippen molar-refractivity contribution in [3.8, 4) is 6.07 Å². The molecule has 1 atom stereocenters. The highest BCUT2D eigenvalue weighted by molar-refractivity contribution is 5.89. The average Bonchev–Trinajstić information content (AvgIpc) is 3.37. The minimum atomic E-state index is 0.312. The van der Waals surface area contributed by atoms with Gasteiger partial charge in [-0.2, -0.15) is 5.26 Å². The molecule has 1 aromatic carbocycles. The van der Waals surface area contributed by atoms with Gasteiger partial charge in [-0.05, 0) is 50.1 Å². The van der Waals surface area contributed by atoms with Crippen LogP contribution in [0.5, 0.6) is 0 Å². The Morgan fingerprint density at radius 2 is 2.28 bits per heavy atom. The third-order valence-corrected chi connectivity index (χ3v) is 5.58. The molecule has 1 aliphatic heterocycles. The van der Waals surface area contributed by atoms with Crippen LogP contribution in [-0.2, 0) is 0 Å². The number of nitriles is 1. The normalized spacial score (nSPS) is 17.2. The predicted molar refractivity (Wildman–Crippen MR) is 118 cm³/mol. The lowest BCUT2D eigenvalue weighted by atomic mass is 10.1. The summed E-state index contributed by atoms with van der Waals surface area (Å²) in [5, 5.41) is 14.2. The van der Waals surface area contributed by atoms with E-state index in [-0.39, 0.29) is 0 Å². The van der Waals surface area contributed by atoms with E-state index >= 15 is 0 Å². The molecule has 1 fully saturated rings. The Labute approximate surface area is 171 Å². The van der Waals surface area contributed by atoms with E-state index in [2.05, 4.69) is 51.4 Å². The van der Waals surface area contributed by atoms with Crippen molar-refractivity contribution in [3.63, 3.8) is 0 Å². The van der Waals surface area contributed by atoms with Crippen LogP contribution in [0.1, 0.15) is 29.5 Å². The highest BCUT2D eigenvalue weighted by atomic mass is 15.2. The summed E-state index contributed by atoms with van der Waals surface area (Å²) in [5.74, 6) is 0. The lowest BCUT2D eigenvalue weighted by Crippen LogP contribution is -2.27. The van der Waals surface area contributed by atoms with Crippen LogP contribution in [0.2, 0.25) is 0 Å². The van der Waals surface area contributed by atoms with Crippen LogP contribution in [0.3, 0.4) is 0 Å². The molecule has 0 aliphatic carbocycles. The number of aromatic nitrogens is 2. The molecular weight excluding hydrogens is 360 g/mol. The molecule has 2 aromatic heterocycles. The summed E-state index contributed by atoms with van der Waals surface area (Å²) in [6.07, 6.45) is 11.6. The number of nitrogens with zero attached hydrogens (tertiary/aromatic N) is 3. The maximum absolute atomic E-state index is 9.59. The summed E-state index contributed by atoms with van der Waals surface area (Å²) < 4.78 is 0. The first kappa shape index (κ1) is 19.2. The van der Waals surface area contributed by atoms with Crippen LogP contribution in [0, 0.1) is 18.3 Å². The number of H-pyrrole nitrogens is 1. The Morgan fingerprint density at radius 3 is 3.07 bits per heavy atom. The number of anilines is 2. The van der Waals surface area contributed by atoms with Gasteiger partial charge in [-0.25, -0.2) is 0 Å². The van der Waals surface area contributed by atoms with Crippen molar-refractivity contribution in [2.24, 2.45) is 5.73 Å². The fraction of sp³-hybridized carbons (Fsp3) is 0.304. The zero-order valence-corrected chi connectivity index (χ0v) is 16.7. The van der Waals surface area contributed by atoms with Gasteiger partial charge in [-0.1, -0.05) is 12.2 Å². The van der Waals surface area contributed by atoms with Crippen molar-refractivity contribution in [2.45, 2.75) is 25.8 Å². The number of nitrogens with one attached hydrogen (secondary N) is 2. The van der Waals surface area contributed by atoms with Crippen molar-refractivity contribution in [1.82, 2.24) is 14.9 Å². The highest BCUT2D eigenvalue weighted by Crippen LogP contribution is 2.30. The fourth-order valence-electron chi connectivity index (χ4n) is 3.91. The van der Waals surface area contributed by atoms with Gasteiger partial charge in [0, 0.05) is 59.9 Å². The first-order valence-corrected chi connectivity index (χ1v) is 10.0. The van der Waals surface area contributed by atoms with Crippen molar-refractivity contribution >= 4 is 28.4 Å². The summed E-state index contributed by atoms with van der Waals surface area (Å²) in [6.45, 7) is 5.14. The van der Waals surface area contributed by atoms with Crippen LogP contribution in [-0.4, -0.2) is 40.5 Å². The van der Waals surface area contributed by atoms with Gasteiger partial charge >= 0.3 is 0 Å². The highest BCUT2D eigenvalue weighted by Gasteiger charge is 2.17.